The van der Waals surface area contributed by atoms with Crippen LogP contribution < -0.4 is 9.64 Å². The van der Waals surface area contributed by atoms with Gasteiger partial charge in [0.15, 0.2) is 5.65 Å². The normalized spacial score (nSPS) is 17.0. The first-order valence-corrected chi connectivity index (χ1v) is 11.0. The van der Waals surface area contributed by atoms with Gasteiger partial charge in [-0.25, -0.2) is 14.4 Å². The number of fused-ring (bicyclic) bond motifs is 2. The van der Waals surface area contributed by atoms with Gasteiger partial charge in [0, 0.05) is 19.2 Å². The number of pyridine rings is 1. The molecule has 160 valence electrons. The van der Waals surface area contributed by atoms with Gasteiger partial charge in [-0.1, -0.05) is 24.3 Å². The largest absolute Gasteiger partial charge is 0.439 e. The molecule has 0 amide bonds. The number of aromatic nitrogens is 3. The van der Waals surface area contributed by atoms with Crippen LogP contribution in [0.15, 0.2) is 66.9 Å². The summed E-state index contributed by atoms with van der Waals surface area (Å²) in [4.78, 5) is 16.1. The second-order valence-electron chi connectivity index (χ2n) is 8.89. The highest BCUT2D eigenvalue weighted by atomic mass is 19.1. The molecule has 2 aromatic carbocycles. The van der Waals surface area contributed by atoms with Crippen LogP contribution in [0.2, 0.25) is 0 Å². The van der Waals surface area contributed by atoms with E-state index in [2.05, 4.69) is 39.1 Å². The van der Waals surface area contributed by atoms with Crippen molar-refractivity contribution in [2.75, 3.05) is 18.0 Å². The maximum absolute atomic E-state index is 13.1. The third kappa shape index (κ3) is 3.55. The Labute approximate surface area is 185 Å². The van der Waals surface area contributed by atoms with Crippen LogP contribution >= 0.6 is 0 Å². The predicted molar refractivity (Wildman–Crippen MR) is 122 cm³/mol. The van der Waals surface area contributed by atoms with Crippen molar-refractivity contribution in [1.29, 1.82) is 0 Å². The average Bonchev–Trinajstić information content (AvgIpc) is 3.18. The molecular weight excluding hydrogens is 403 g/mol. The minimum Gasteiger partial charge on any atom is -0.439 e. The van der Waals surface area contributed by atoms with Crippen LogP contribution in [0.25, 0.3) is 11.2 Å². The number of anilines is 1. The van der Waals surface area contributed by atoms with Gasteiger partial charge in [0.05, 0.1) is 6.20 Å². The lowest BCUT2D eigenvalue weighted by Crippen LogP contribution is -2.41. The molecule has 1 aliphatic heterocycles. The van der Waals surface area contributed by atoms with Gasteiger partial charge in [0.1, 0.15) is 22.9 Å². The fourth-order valence-corrected chi connectivity index (χ4v) is 5.05. The fourth-order valence-electron chi connectivity index (χ4n) is 5.05. The lowest BCUT2D eigenvalue weighted by atomic mass is 9.76. The Balaban J connectivity index is 1.16. The number of halogens is 1. The molecule has 1 aliphatic carbocycles. The summed E-state index contributed by atoms with van der Waals surface area (Å²) in [6.45, 7) is 1.99. The highest BCUT2D eigenvalue weighted by Crippen LogP contribution is 2.45. The van der Waals surface area contributed by atoms with Crippen LogP contribution in [0.4, 0.5) is 10.2 Å². The van der Waals surface area contributed by atoms with E-state index in [1.165, 1.54) is 48.9 Å². The van der Waals surface area contributed by atoms with Crippen molar-refractivity contribution in [2.45, 2.75) is 25.7 Å². The van der Waals surface area contributed by atoms with Gasteiger partial charge in [-0.15, -0.1) is 0 Å². The van der Waals surface area contributed by atoms with E-state index in [9.17, 15) is 4.39 Å². The van der Waals surface area contributed by atoms with Crippen molar-refractivity contribution in [2.24, 2.45) is 5.41 Å². The van der Waals surface area contributed by atoms with Crippen LogP contribution in [0.5, 0.6) is 11.6 Å². The number of piperidine rings is 1. The molecule has 6 rings (SSSR count). The summed E-state index contributed by atoms with van der Waals surface area (Å²) in [6, 6.07) is 18.4. The molecule has 0 radical (unpaired) electrons. The highest BCUT2D eigenvalue weighted by Gasteiger charge is 2.39. The maximum atomic E-state index is 13.1. The van der Waals surface area contributed by atoms with Gasteiger partial charge in [0.25, 0.3) is 0 Å². The molecule has 32 heavy (non-hydrogen) atoms. The first kappa shape index (κ1) is 19.2. The zero-order chi connectivity index (χ0) is 21.5. The molecule has 5 nitrogen and oxygen atoms in total. The third-order valence-electron chi connectivity index (χ3n) is 6.80. The van der Waals surface area contributed by atoms with Gasteiger partial charge in [0.2, 0.25) is 5.88 Å². The third-order valence-corrected chi connectivity index (χ3v) is 6.80. The zero-order valence-electron chi connectivity index (χ0n) is 17.7. The van der Waals surface area contributed by atoms with E-state index >= 15 is 0 Å². The number of hydrogen-bond donors (Lipinski definition) is 0. The van der Waals surface area contributed by atoms with Crippen molar-refractivity contribution in [3.05, 3.63) is 83.8 Å². The van der Waals surface area contributed by atoms with E-state index in [1.54, 1.807) is 24.4 Å². The van der Waals surface area contributed by atoms with Crippen molar-refractivity contribution in [1.82, 2.24) is 15.0 Å². The Hall–Kier alpha value is -3.54. The van der Waals surface area contributed by atoms with E-state index < -0.39 is 0 Å². The number of benzene rings is 2. The van der Waals surface area contributed by atoms with Crippen LogP contribution in [0, 0.1) is 11.2 Å². The predicted octanol–water partition coefficient (Wildman–Crippen LogP) is 5.34. The molecule has 2 aliphatic rings. The Morgan fingerprint density at radius 2 is 1.56 bits per heavy atom. The summed E-state index contributed by atoms with van der Waals surface area (Å²) in [5.74, 6) is 1.53. The molecule has 2 aromatic heterocycles. The van der Waals surface area contributed by atoms with Crippen LogP contribution in [0.1, 0.15) is 24.0 Å². The quantitative estimate of drug-likeness (QED) is 0.443. The fraction of sp³-hybridized carbons (Fsp3) is 0.269. The molecule has 1 saturated heterocycles. The number of ether oxygens (including phenoxy) is 1. The molecule has 4 aromatic rings. The molecule has 0 atom stereocenters. The van der Waals surface area contributed by atoms with E-state index in [0.29, 0.717) is 22.7 Å². The van der Waals surface area contributed by atoms with Crippen molar-refractivity contribution in [3.63, 3.8) is 0 Å². The van der Waals surface area contributed by atoms with Gasteiger partial charge >= 0.3 is 0 Å². The molecule has 0 unspecified atom stereocenters. The first-order valence-electron chi connectivity index (χ1n) is 11.0. The molecule has 6 heteroatoms. The van der Waals surface area contributed by atoms with Crippen LogP contribution in [-0.4, -0.2) is 28.0 Å². The smallest absolute Gasteiger partial charge is 0.221 e. The first-order chi connectivity index (χ1) is 15.7. The van der Waals surface area contributed by atoms with E-state index in [1.807, 2.05) is 6.07 Å². The zero-order valence-corrected chi connectivity index (χ0v) is 17.7. The molecule has 1 fully saturated rings. The minimum atomic E-state index is -0.302. The molecule has 0 bridgehead atoms. The second-order valence-corrected chi connectivity index (χ2v) is 8.89. The Morgan fingerprint density at radius 3 is 2.28 bits per heavy atom. The molecule has 1 spiro atoms. The minimum absolute atomic E-state index is 0.302. The van der Waals surface area contributed by atoms with Gasteiger partial charge < -0.3 is 9.64 Å². The molecule has 0 N–H and O–H groups in total. The van der Waals surface area contributed by atoms with Gasteiger partial charge in [-0.05, 0) is 72.6 Å². The number of nitrogens with zero attached hydrogens (tertiary/aromatic N) is 4. The van der Waals surface area contributed by atoms with Crippen molar-refractivity contribution < 1.29 is 9.13 Å². The topological polar surface area (TPSA) is 51.1 Å². The maximum Gasteiger partial charge on any atom is 0.221 e. The Kier molecular flexibility index (Phi) is 4.52. The molecule has 0 saturated carbocycles. The van der Waals surface area contributed by atoms with Gasteiger partial charge in [-0.2, -0.15) is 4.98 Å². The Bertz CT molecular complexity index is 1260. The summed E-state index contributed by atoms with van der Waals surface area (Å²) in [7, 11) is 0. The summed E-state index contributed by atoms with van der Waals surface area (Å²) in [5.41, 5.74) is 4.72. The standard InChI is InChI=1S/C26H23FN4O/c27-20-5-7-21(8-6-20)32-24-10-9-22-25(30-24)28-17-23(29-22)31-13-11-26(12-14-31)15-18-3-1-2-4-19(18)16-26/h1-10,17H,11-16H2. The summed E-state index contributed by atoms with van der Waals surface area (Å²) >= 11 is 0. The number of hydrogen-bond acceptors (Lipinski definition) is 5. The summed E-state index contributed by atoms with van der Waals surface area (Å²) in [5, 5.41) is 0. The lowest BCUT2D eigenvalue weighted by molar-refractivity contribution is 0.232. The highest BCUT2D eigenvalue weighted by molar-refractivity contribution is 5.72. The second kappa shape index (κ2) is 7.55. The summed E-state index contributed by atoms with van der Waals surface area (Å²) in [6.07, 6.45) is 6.54. The van der Waals surface area contributed by atoms with E-state index in [4.69, 9.17) is 9.72 Å². The van der Waals surface area contributed by atoms with Crippen LogP contribution in [-0.2, 0) is 12.8 Å². The lowest BCUT2D eigenvalue weighted by Gasteiger charge is -2.39. The molecule has 3 heterocycles. The SMILES string of the molecule is Fc1ccc(Oc2ccc3nc(N4CCC5(CC4)Cc4ccccc4C5)cnc3n2)cc1. The molecular formula is C26H23FN4O. The van der Waals surface area contributed by atoms with E-state index in [-0.39, 0.29) is 5.82 Å². The number of rotatable bonds is 3. The van der Waals surface area contributed by atoms with Crippen molar-refractivity contribution >= 4 is 17.0 Å². The van der Waals surface area contributed by atoms with Crippen molar-refractivity contribution in [3.8, 4) is 11.6 Å². The monoisotopic (exact) mass is 426 g/mol. The van der Waals surface area contributed by atoms with Crippen LogP contribution in [0.3, 0.4) is 0 Å². The average molecular weight is 426 g/mol. The summed E-state index contributed by atoms with van der Waals surface area (Å²) < 4.78 is 18.8. The Morgan fingerprint density at radius 1 is 0.844 bits per heavy atom. The van der Waals surface area contributed by atoms with Gasteiger partial charge in [-0.3, -0.25) is 0 Å². The van der Waals surface area contributed by atoms with E-state index in [0.717, 1.165) is 24.4 Å².